The molecule has 0 amide bonds. The first-order valence-electron chi connectivity index (χ1n) is 4.52. The van der Waals surface area contributed by atoms with Crippen LogP contribution in [0.3, 0.4) is 0 Å². The van der Waals surface area contributed by atoms with Crippen LogP contribution < -0.4 is 0 Å². The van der Waals surface area contributed by atoms with E-state index in [1.54, 1.807) is 0 Å². The monoisotopic (exact) mass is 184 g/mol. The summed E-state index contributed by atoms with van der Waals surface area (Å²) in [5.41, 5.74) is 0.327. The Morgan fingerprint density at radius 2 is 2.08 bits per heavy atom. The highest BCUT2D eigenvalue weighted by Gasteiger charge is 2.39. The lowest BCUT2D eigenvalue weighted by Gasteiger charge is -2.33. The summed E-state index contributed by atoms with van der Waals surface area (Å²) in [6.07, 6.45) is 1.79. The number of hydrogen-bond donors (Lipinski definition) is 1. The summed E-state index contributed by atoms with van der Waals surface area (Å²) < 4.78 is 5.16. The first kappa shape index (κ1) is 10.3. The number of carbonyl (C=O) groups is 1. The lowest BCUT2D eigenvalue weighted by atomic mass is 9.75. The molecule has 13 heavy (non-hydrogen) atoms. The first-order chi connectivity index (χ1) is 6.07. The molecule has 0 aromatic heterocycles. The summed E-state index contributed by atoms with van der Waals surface area (Å²) in [6, 6.07) is 0. The Hall–Kier alpha value is -0.830. The predicted molar refractivity (Wildman–Crippen MR) is 49.6 cm³/mol. The third-order valence-corrected chi connectivity index (χ3v) is 2.54. The van der Waals surface area contributed by atoms with Gasteiger partial charge in [0.25, 0.3) is 0 Å². The smallest absolute Gasteiger partial charge is 0.310 e. The zero-order chi connectivity index (χ0) is 9.90. The number of aliphatic carboxylic acids is 1. The summed E-state index contributed by atoms with van der Waals surface area (Å²) in [6.45, 7) is 6.76. The van der Waals surface area contributed by atoms with Gasteiger partial charge in [0, 0.05) is 13.2 Å². The van der Waals surface area contributed by atoms with Crippen LogP contribution in [-0.2, 0) is 9.53 Å². The van der Waals surface area contributed by atoms with Crippen LogP contribution >= 0.6 is 0 Å². The number of carboxylic acid groups (broad SMARTS) is 1. The highest BCUT2D eigenvalue weighted by Crippen LogP contribution is 2.36. The van der Waals surface area contributed by atoms with Gasteiger partial charge in [0.2, 0.25) is 0 Å². The van der Waals surface area contributed by atoms with Gasteiger partial charge >= 0.3 is 5.97 Å². The molecule has 1 aliphatic rings. The van der Waals surface area contributed by atoms with Gasteiger partial charge in [-0.15, -0.1) is 6.58 Å². The number of carboxylic acids is 1. The number of hydrogen-bond acceptors (Lipinski definition) is 2. The molecule has 1 N–H and O–H groups in total. The van der Waals surface area contributed by atoms with Gasteiger partial charge in [-0.3, -0.25) is 4.79 Å². The van der Waals surface area contributed by atoms with E-state index in [0.29, 0.717) is 32.5 Å². The molecule has 0 aromatic carbocycles. The molecule has 74 valence electrons. The Morgan fingerprint density at radius 1 is 1.54 bits per heavy atom. The zero-order valence-corrected chi connectivity index (χ0v) is 8.01. The fourth-order valence-corrected chi connectivity index (χ4v) is 1.81. The van der Waals surface area contributed by atoms with Crippen LogP contribution in [0.5, 0.6) is 0 Å². The van der Waals surface area contributed by atoms with Crippen molar-refractivity contribution in [2.24, 2.45) is 5.41 Å². The van der Waals surface area contributed by atoms with Crippen LogP contribution in [0.4, 0.5) is 0 Å². The molecule has 0 unspecified atom stereocenters. The number of ether oxygens (including phenoxy) is 1. The van der Waals surface area contributed by atoms with E-state index in [4.69, 9.17) is 9.84 Å². The van der Waals surface area contributed by atoms with Gasteiger partial charge in [-0.1, -0.05) is 5.57 Å². The second kappa shape index (κ2) is 3.92. The van der Waals surface area contributed by atoms with Gasteiger partial charge in [-0.25, -0.2) is 0 Å². The van der Waals surface area contributed by atoms with Gasteiger partial charge in [0.15, 0.2) is 0 Å². The van der Waals surface area contributed by atoms with Crippen LogP contribution in [0.25, 0.3) is 0 Å². The molecule has 1 saturated heterocycles. The molecule has 3 nitrogen and oxygen atoms in total. The quantitative estimate of drug-likeness (QED) is 0.681. The van der Waals surface area contributed by atoms with Gasteiger partial charge in [-0.05, 0) is 26.2 Å². The molecule has 1 aliphatic heterocycles. The highest BCUT2D eigenvalue weighted by atomic mass is 16.5. The van der Waals surface area contributed by atoms with Crippen molar-refractivity contribution in [2.45, 2.75) is 26.2 Å². The predicted octanol–water partition coefficient (Wildman–Crippen LogP) is 1.83. The third kappa shape index (κ3) is 2.31. The average molecular weight is 184 g/mol. The largest absolute Gasteiger partial charge is 0.481 e. The van der Waals surface area contributed by atoms with E-state index in [-0.39, 0.29) is 0 Å². The second-order valence-electron chi connectivity index (χ2n) is 3.83. The number of allylic oxidation sites excluding steroid dienone is 1. The maximum absolute atomic E-state index is 11.1. The van der Waals surface area contributed by atoms with Crippen molar-refractivity contribution in [2.75, 3.05) is 13.2 Å². The van der Waals surface area contributed by atoms with Crippen molar-refractivity contribution in [3.05, 3.63) is 12.2 Å². The van der Waals surface area contributed by atoms with E-state index < -0.39 is 11.4 Å². The fraction of sp³-hybridized carbons (Fsp3) is 0.700. The molecule has 0 spiro atoms. The molecule has 0 saturated carbocycles. The Morgan fingerprint density at radius 3 is 2.46 bits per heavy atom. The molecule has 0 aliphatic carbocycles. The van der Waals surface area contributed by atoms with Crippen molar-refractivity contribution in [3.63, 3.8) is 0 Å². The summed E-state index contributed by atoms with van der Waals surface area (Å²) in [5, 5.41) is 9.14. The van der Waals surface area contributed by atoms with Crippen LogP contribution in [-0.4, -0.2) is 24.3 Å². The summed E-state index contributed by atoms with van der Waals surface area (Å²) >= 11 is 0. The molecule has 1 fully saturated rings. The van der Waals surface area contributed by atoms with Crippen molar-refractivity contribution >= 4 is 5.97 Å². The summed E-state index contributed by atoms with van der Waals surface area (Å²) in [5.74, 6) is -0.709. The van der Waals surface area contributed by atoms with E-state index in [0.717, 1.165) is 5.57 Å². The molecule has 0 radical (unpaired) electrons. The van der Waals surface area contributed by atoms with E-state index in [9.17, 15) is 4.79 Å². The molecule has 0 aromatic rings. The van der Waals surface area contributed by atoms with Gasteiger partial charge in [-0.2, -0.15) is 0 Å². The van der Waals surface area contributed by atoms with Gasteiger partial charge in [0.1, 0.15) is 0 Å². The topological polar surface area (TPSA) is 46.5 Å². The maximum atomic E-state index is 11.1. The van der Waals surface area contributed by atoms with Gasteiger partial charge in [0.05, 0.1) is 5.41 Å². The first-order valence-corrected chi connectivity index (χ1v) is 4.52. The second-order valence-corrected chi connectivity index (χ2v) is 3.83. The molecule has 0 atom stereocenters. The molecule has 3 heteroatoms. The lowest BCUT2D eigenvalue weighted by Crippen LogP contribution is -2.37. The van der Waals surface area contributed by atoms with E-state index >= 15 is 0 Å². The normalized spacial score (nSPS) is 21.0. The minimum absolute atomic E-state index is 0.555. The molecular weight excluding hydrogens is 168 g/mol. The minimum Gasteiger partial charge on any atom is -0.481 e. The Kier molecular flexibility index (Phi) is 3.09. The maximum Gasteiger partial charge on any atom is 0.310 e. The standard InChI is InChI=1S/C10H16O3/c1-8(2)7-10(9(11)12)3-5-13-6-4-10/h1,3-7H2,2H3,(H,11,12). The lowest BCUT2D eigenvalue weighted by molar-refractivity contribution is -0.154. The Bertz CT molecular complexity index is 214. The zero-order valence-electron chi connectivity index (χ0n) is 8.01. The van der Waals surface area contributed by atoms with Crippen LogP contribution in [0, 0.1) is 5.41 Å². The van der Waals surface area contributed by atoms with Crippen LogP contribution in [0.15, 0.2) is 12.2 Å². The minimum atomic E-state index is -0.709. The van der Waals surface area contributed by atoms with E-state index in [2.05, 4.69) is 6.58 Å². The third-order valence-electron chi connectivity index (χ3n) is 2.54. The van der Waals surface area contributed by atoms with E-state index in [1.807, 2.05) is 6.92 Å². The van der Waals surface area contributed by atoms with Crippen LogP contribution in [0.2, 0.25) is 0 Å². The van der Waals surface area contributed by atoms with Gasteiger partial charge < -0.3 is 9.84 Å². The summed E-state index contributed by atoms with van der Waals surface area (Å²) in [7, 11) is 0. The van der Waals surface area contributed by atoms with Crippen molar-refractivity contribution in [1.82, 2.24) is 0 Å². The summed E-state index contributed by atoms with van der Waals surface area (Å²) in [4.78, 5) is 11.1. The van der Waals surface area contributed by atoms with Crippen LogP contribution in [0.1, 0.15) is 26.2 Å². The highest BCUT2D eigenvalue weighted by molar-refractivity contribution is 5.75. The fourth-order valence-electron chi connectivity index (χ4n) is 1.81. The molecule has 1 rings (SSSR count). The molecular formula is C10H16O3. The average Bonchev–Trinajstić information content (AvgIpc) is 2.04. The number of rotatable bonds is 3. The van der Waals surface area contributed by atoms with Crippen molar-refractivity contribution in [1.29, 1.82) is 0 Å². The van der Waals surface area contributed by atoms with Crippen molar-refractivity contribution in [3.8, 4) is 0 Å². The van der Waals surface area contributed by atoms with Crippen molar-refractivity contribution < 1.29 is 14.6 Å². The molecule has 0 bridgehead atoms. The Balaban J connectivity index is 2.73. The molecule has 1 heterocycles. The SMILES string of the molecule is C=C(C)CC1(C(=O)O)CCOCC1. The van der Waals surface area contributed by atoms with E-state index in [1.165, 1.54) is 0 Å². The Labute approximate surface area is 78.4 Å².